The monoisotopic (exact) mass is 184 g/mol. The van der Waals surface area contributed by atoms with Crippen LogP contribution in [-0.4, -0.2) is 22.5 Å². The highest BCUT2D eigenvalue weighted by molar-refractivity contribution is 7.99. The molecule has 0 atom stereocenters. The maximum atomic E-state index is 8.54. The molecule has 0 saturated heterocycles. The number of nitrogen functional groups attached to an aromatic ring is 1. The molecule has 12 heavy (non-hydrogen) atoms. The average molecular weight is 184 g/mol. The number of pyridine rings is 1. The van der Waals surface area contributed by atoms with Crippen LogP contribution in [0.15, 0.2) is 23.2 Å². The molecular formula is C8H12N2OS. The van der Waals surface area contributed by atoms with Gasteiger partial charge in [-0.05, 0) is 18.6 Å². The summed E-state index contributed by atoms with van der Waals surface area (Å²) >= 11 is 1.68. The molecule has 1 heterocycles. The van der Waals surface area contributed by atoms with Crippen LogP contribution < -0.4 is 5.73 Å². The van der Waals surface area contributed by atoms with E-state index in [2.05, 4.69) is 4.98 Å². The predicted molar refractivity (Wildman–Crippen MR) is 51.1 cm³/mol. The number of aliphatic hydroxyl groups is 1. The SMILES string of the molecule is Nc1ccc(SCCCO)cn1. The highest BCUT2D eigenvalue weighted by atomic mass is 32.2. The van der Waals surface area contributed by atoms with Crippen LogP contribution in [-0.2, 0) is 0 Å². The third-order valence-corrected chi connectivity index (χ3v) is 2.40. The van der Waals surface area contributed by atoms with Crippen molar-refractivity contribution in [3.05, 3.63) is 18.3 Å². The second kappa shape index (κ2) is 5.00. The second-order valence-corrected chi connectivity index (χ2v) is 3.51. The van der Waals surface area contributed by atoms with Crippen molar-refractivity contribution in [3.63, 3.8) is 0 Å². The van der Waals surface area contributed by atoms with Gasteiger partial charge in [-0.25, -0.2) is 4.98 Å². The van der Waals surface area contributed by atoms with Gasteiger partial charge in [0.25, 0.3) is 0 Å². The minimum absolute atomic E-state index is 0.245. The lowest BCUT2D eigenvalue weighted by Gasteiger charge is -1.99. The number of aliphatic hydroxyl groups excluding tert-OH is 1. The molecule has 1 rings (SSSR count). The Kier molecular flexibility index (Phi) is 3.90. The maximum absolute atomic E-state index is 8.54. The van der Waals surface area contributed by atoms with Gasteiger partial charge in [0.05, 0.1) is 0 Å². The molecule has 0 aliphatic heterocycles. The number of hydrogen-bond donors (Lipinski definition) is 2. The van der Waals surface area contributed by atoms with Crippen molar-refractivity contribution in [2.24, 2.45) is 0 Å². The van der Waals surface area contributed by atoms with E-state index in [1.165, 1.54) is 0 Å². The van der Waals surface area contributed by atoms with Crippen molar-refractivity contribution in [3.8, 4) is 0 Å². The van der Waals surface area contributed by atoms with Crippen molar-refractivity contribution in [2.45, 2.75) is 11.3 Å². The smallest absolute Gasteiger partial charge is 0.123 e. The molecule has 1 aromatic heterocycles. The summed E-state index contributed by atoms with van der Waals surface area (Å²) < 4.78 is 0. The van der Waals surface area contributed by atoms with Gasteiger partial charge in [0.2, 0.25) is 0 Å². The van der Waals surface area contributed by atoms with Crippen molar-refractivity contribution in [2.75, 3.05) is 18.1 Å². The minimum Gasteiger partial charge on any atom is -0.396 e. The van der Waals surface area contributed by atoms with Crippen LogP contribution in [0.1, 0.15) is 6.42 Å². The van der Waals surface area contributed by atoms with Crippen molar-refractivity contribution < 1.29 is 5.11 Å². The highest BCUT2D eigenvalue weighted by Gasteiger charge is 1.93. The summed E-state index contributed by atoms with van der Waals surface area (Å²) in [5.74, 6) is 1.46. The number of nitrogens with two attached hydrogens (primary N) is 1. The molecule has 3 nitrogen and oxygen atoms in total. The molecule has 0 saturated carbocycles. The van der Waals surface area contributed by atoms with Gasteiger partial charge < -0.3 is 10.8 Å². The summed E-state index contributed by atoms with van der Waals surface area (Å²) in [6, 6.07) is 3.71. The first-order chi connectivity index (χ1) is 5.83. The van der Waals surface area contributed by atoms with Gasteiger partial charge in [0.15, 0.2) is 0 Å². The van der Waals surface area contributed by atoms with Gasteiger partial charge in [-0.15, -0.1) is 11.8 Å². The standard InChI is InChI=1S/C8H12N2OS/c9-8-3-2-7(6-10-8)12-5-1-4-11/h2-3,6,11H,1,4-5H2,(H2,9,10). The van der Waals surface area contributed by atoms with Gasteiger partial charge >= 0.3 is 0 Å². The van der Waals surface area contributed by atoms with Crippen LogP contribution in [0.3, 0.4) is 0 Å². The molecule has 0 aromatic carbocycles. The van der Waals surface area contributed by atoms with Crippen molar-refractivity contribution >= 4 is 17.6 Å². The van der Waals surface area contributed by atoms with E-state index in [0.717, 1.165) is 17.1 Å². The fraction of sp³-hybridized carbons (Fsp3) is 0.375. The predicted octanol–water partition coefficient (Wildman–Crippen LogP) is 1.14. The molecule has 3 N–H and O–H groups in total. The zero-order chi connectivity index (χ0) is 8.81. The molecule has 0 amide bonds. The molecule has 0 bridgehead atoms. The van der Waals surface area contributed by atoms with Crippen LogP contribution in [0.5, 0.6) is 0 Å². The Bertz CT molecular complexity index is 225. The molecule has 1 aromatic rings. The zero-order valence-electron chi connectivity index (χ0n) is 6.73. The summed E-state index contributed by atoms with van der Waals surface area (Å²) in [6.45, 7) is 0.245. The van der Waals surface area contributed by atoms with E-state index >= 15 is 0 Å². The summed E-state index contributed by atoms with van der Waals surface area (Å²) in [7, 11) is 0. The Morgan fingerprint density at radius 2 is 2.33 bits per heavy atom. The summed E-state index contributed by atoms with van der Waals surface area (Å²) in [5, 5.41) is 8.54. The Morgan fingerprint density at radius 1 is 1.50 bits per heavy atom. The van der Waals surface area contributed by atoms with E-state index < -0.39 is 0 Å². The summed E-state index contributed by atoms with van der Waals surface area (Å²) in [5.41, 5.74) is 5.42. The number of hydrogen-bond acceptors (Lipinski definition) is 4. The Labute approximate surface area is 76.0 Å². The third-order valence-electron chi connectivity index (χ3n) is 1.33. The number of rotatable bonds is 4. The van der Waals surface area contributed by atoms with Crippen LogP contribution in [0.25, 0.3) is 0 Å². The normalized spacial score (nSPS) is 10.1. The van der Waals surface area contributed by atoms with E-state index in [1.54, 1.807) is 24.0 Å². The van der Waals surface area contributed by atoms with Crippen molar-refractivity contribution in [1.82, 2.24) is 4.98 Å². The molecule has 0 spiro atoms. The summed E-state index contributed by atoms with van der Waals surface area (Å²) in [4.78, 5) is 5.05. The third kappa shape index (κ3) is 3.11. The quantitative estimate of drug-likeness (QED) is 0.544. The first kappa shape index (κ1) is 9.35. The van der Waals surface area contributed by atoms with Crippen molar-refractivity contribution in [1.29, 1.82) is 0 Å². The molecule has 0 unspecified atom stereocenters. The fourth-order valence-corrected chi connectivity index (χ4v) is 1.53. The molecule has 0 fully saturated rings. The molecular weight excluding hydrogens is 172 g/mol. The van der Waals surface area contributed by atoms with Gasteiger partial charge in [-0.2, -0.15) is 0 Å². The highest BCUT2D eigenvalue weighted by Crippen LogP contribution is 2.17. The van der Waals surface area contributed by atoms with Gasteiger partial charge in [-0.1, -0.05) is 0 Å². The van der Waals surface area contributed by atoms with Gasteiger partial charge in [0, 0.05) is 23.5 Å². The Hall–Kier alpha value is -0.740. The maximum Gasteiger partial charge on any atom is 0.123 e. The van der Waals surface area contributed by atoms with E-state index in [0.29, 0.717) is 5.82 Å². The number of anilines is 1. The van der Waals surface area contributed by atoms with Crippen LogP contribution in [0.2, 0.25) is 0 Å². The molecule has 0 aliphatic carbocycles. The Morgan fingerprint density at radius 3 is 2.92 bits per heavy atom. The molecule has 0 radical (unpaired) electrons. The van der Waals surface area contributed by atoms with E-state index in [-0.39, 0.29) is 6.61 Å². The lowest BCUT2D eigenvalue weighted by atomic mass is 10.5. The van der Waals surface area contributed by atoms with E-state index in [4.69, 9.17) is 10.8 Å². The lowest BCUT2D eigenvalue weighted by molar-refractivity contribution is 0.296. The first-order valence-electron chi connectivity index (χ1n) is 3.78. The van der Waals surface area contributed by atoms with E-state index in [1.807, 2.05) is 6.07 Å². The number of aromatic nitrogens is 1. The van der Waals surface area contributed by atoms with Gasteiger partial charge in [-0.3, -0.25) is 0 Å². The lowest BCUT2D eigenvalue weighted by Crippen LogP contribution is -1.89. The Balaban J connectivity index is 2.37. The van der Waals surface area contributed by atoms with Gasteiger partial charge in [0.1, 0.15) is 5.82 Å². The summed E-state index contributed by atoms with van der Waals surface area (Å²) in [6.07, 6.45) is 2.56. The first-order valence-corrected chi connectivity index (χ1v) is 4.76. The largest absolute Gasteiger partial charge is 0.396 e. The van der Waals surface area contributed by atoms with Crippen LogP contribution in [0, 0.1) is 0 Å². The van der Waals surface area contributed by atoms with Crippen LogP contribution >= 0.6 is 11.8 Å². The average Bonchev–Trinajstić information content (AvgIpc) is 2.09. The molecule has 66 valence electrons. The second-order valence-electron chi connectivity index (χ2n) is 2.34. The van der Waals surface area contributed by atoms with E-state index in [9.17, 15) is 0 Å². The fourth-order valence-electron chi connectivity index (χ4n) is 0.732. The molecule has 4 heteroatoms. The molecule has 0 aliphatic rings. The number of thioether (sulfide) groups is 1. The number of nitrogens with zero attached hydrogens (tertiary/aromatic N) is 1. The zero-order valence-corrected chi connectivity index (χ0v) is 7.55. The minimum atomic E-state index is 0.245. The topological polar surface area (TPSA) is 59.1 Å². The van der Waals surface area contributed by atoms with Crippen LogP contribution in [0.4, 0.5) is 5.82 Å².